The number of hydrogen-bond donors (Lipinski definition) is 1. The Bertz CT molecular complexity index is 888. The van der Waals surface area contributed by atoms with Crippen LogP contribution in [0.3, 0.4) is 0 Å². The van der Waals surface area contributed by atoms with E-state index in [4.69, 9.17) is 9.47 Å². The van der Waals surface area contributed by atoms with Gasteiger partial charge in [-0.15, -0.1) is 11.3 Å². The second kappa shape index (κ2) is 9.20. The monoisotopic (exact) mass is 430 g/mol. The number of aryl methyl sites for hydroxylation is 3. The van der Waals surface area contributed by atoms with E-state index in [1.165, 1.54) is 11.3 Å². The Morgan fingerprint density at radius 1 is 1.23 bits per heavy atom. The summed E-state index contributed by atoms with van der Waals surface area (Å²) >= 11 is 1.39. The first kappa shape index (κ1) is 20.9. The number of ether oxygens (including phenoxy) is 2. The van der Waals surface area contributed by atoms with Crippen LogP contribution in [0.5, 0.6) is 0 Å². The fourth-order valence-electron chi connectivity index (χ4n) is 3.83. The van der Waals surface area contributed by atoms with Crippen molar-refractivity contribution in [2.24, 2.45) is 0 Å². The molecule has 2 atom stereocenters. The molecule has 2 aliphatic heterocycles. The van der Waals surface area contributed by atoms with Crippen LogP contribution in [0.25, 0.3) is 0 Å². The molecule has 0 unspecified atom stereocenters. The lowest BCUT2D eigenvalue weighted by molar-refractivity contribution is -0.131. The number of nitrogens with zero attached hydrogens (tertiary/aromatic N) is 3. The predicted octanol–water partition coefficient (Wildman–Crippen LogP) is 1.51. The first-order valence-corrected chi connectivity index (χ1v) is 11.0. The van der Waals surface area contributed by atoms with Crippen LogP contribution in [-0.2, 0) is 20.7 Å². The van der Waals surface area contributed by atoms with E-state index in [9.17, 15) is 9.59 Å². The summed E-state index contributed by atoms with van der Waals surface area (Å²) in [5.41, 5.74) is 1.79. The van der Waals surface area contributed by atoms with Gasteiger partial charge < -0.3 is 19.7 Å². The Balaban J connectivity index is 1.26. The maximum Gasteiger partial charge on any atom is 0.263 e. The van der Waals surface area contributed by atoms with E-state index < -0.39 is 0 Å². The van der Waals surface area contributed by atoms with Gasteiger partial charge in [-0.3, -0.25) is 14.6 Å². The number of pyridine rings is 1. The SMILES string of the molecule is Cc1nc(C)c(C(=O)NC2CO[C@H]3CN(C(=O)CCc4cccnc4)C[C@@H]3OC2)s1. The van der Waals surface area contributed by atoms with E-state index in [-0.39, 0.29) is 30.1 Å². The highest BCUT2D eigenvalue weighted by atomic mass is 32.1. The van der Waals surface area contributed by atoms with Gasteiger partial charge in [0.05, 0.1) is 30.0 Å². The first-order chi connectivity index (χ1) is 14.5. The lowest BCUT2D eigenvalue weighted by atomic mass is 10.1. The van der Waals surface area contributed by atoms with E-state index in [0.29, 0.717) is 44.0 Å². The van der Waals surface area contributed by atoms with Gasteiger partial charge in [-0.05, 0) is 31.9 Å². The van der Waals surface area contributed by atoms with Crippen molar-refractivity contribution < 1.29 is 19.1 Å². The predicted molar refractivity (Wildman–Crippen MR) is 111 cm³/mol. The van der Waals surface area contributed by atoms with Gasteiger partial charge in [0.2, 0.25) is 5.91 Å². The maximum absolute atomic E-state index is 12.6. The number of fused-ring (bicyclic) bond motifs is 1. The summed E-state index contributed by atoms with van der Waals surface area (Å²) in [7, 11) is 0. The van der Waals surface area contributed by atoms with E-state index in [1.54, 1.807) is 12.4 Å². The largest absolute Gasteiger partial charge is 0.371 e. The molecule has 1 N–H and O–H groups in total. The van der Waals surface area contributed by atoms with Gasteiger partial charge in [0.15, 0.2) is 0 Å². The number of carbonyl (C=O) groups excluding carboxylic acids is 2. The Kier molecular flexibility index (Phi) is 6.40. The summed E-state index contributed by atoms with van der Waals surface area (Å²) < 4.78 is 12.0. The second-order valence-electron chi connectivity index (χ2n) is 7.72. The van der Waals surface area contributed by atoms with Crippen molar-refractivity contribution in [2.75, 3.05) is 26.3 Å². The molecule has 160 valence electrons. The van der Waals surface area contributed by atoms with Crippen molar-refractivity contribution in [1.29, 1.82) is 0 Å². The molecule has 2 aromatic heterocycles. The lowest BCUT2D eigenvalue weighted by Gasteiger charge is -2.19. The molecule has 0 radical (unpaired) electrons. The van der Waals surface area contributed by atoms with E-state index in [1.807, 2.05) is 30.9 Å². The molecule has 0 aromatic carbocycles. The van der Waals surface area contributed by atoms with Crippen molar-refractivity contribution in [3.05, 3.63) is 45.7 Å². The summed E-state index contributed by atoms with van der Waals surface area (Å²) in [6.07, 6.45) is 4.30. The molecular weight excluding hydrogens is 404 g/mol. The number of amides is 2. The minimum atomic E-state index is -0.223. The zero-order chi connectivity index (χ0) is 21.1. The molecule has 2 amide bonds. The molecule has 0 aliphatic carbocycles. The molecule has 0 saturated carbocycles. The summed E-state index contributed by atoms with van der Waals surface area (Å²) in [6.45, 7) is 5.48. The van der Waals surface area contributed by atoms with Crippen molar-refractivity contribution in [1.82, 2.24) is 20.2 Å². The normalized spacial score (nSPS) is 21.9. The highest BCUT2D eigenvalue weighted by molar-refractivity contribution is 7.13. The van der Waals surface area contributed by atoms with Gasteiger partial charge in [0, 0.05) is 31.9 Å². The van der Waals surface area contributed by atoms with Crippen LogP contribution in [-0.4, -0.2) is 71.2 Å². The third-order valence-corrected chi connectivity index (χ3v) is 6.46. The van der Waals surface area contributed by atoms with Crippen LogP contribution in [0.4, 0.5) is 0 Å². The number of carbonyl (C=O) groups is 2. The Morgan fingerprint density at radius 2 is 1.97 bits per heavy atom. The third kappa shape index (κ3) is 4.85. The first-order valence-electron chi connectivity index (χ1n) is 10.1. The Labute approximate surface area is 179 Å². The lowest BCUT2D eigenvalue weighted by Crippen LogP contribution is -2.41. The number of nitrogens with one attached hydrogen (secondary N) is 1. The summed E-state index contributed by atoms with van der Waals surface area (Å²) in [4.78, 5) is 35.9. The van der Waals surface area contributed by atoms with Crippen molar-refractivity contribution >= 4 is 23.2 Å². The Morgan fingerprint density at radius 3 is 2.57 bits per heavy atom. The molecule has 2 aliphatic rings. The van der Waals surface area contributed by atoms with Crippen LogP contribution in [0, 0.1) is 13.8 Å². The van der Waals surface area contributed by atoms with E-state index >= 15 is 0 Å². The van der Waals surface area contributed by atoms with Crippen molar-refractivity contribution in [3.8, 4) is 0 Å². The van der Waals surface area contributed by atoms with E-state index in [0.717, 1.165) is 16.3 Å². The van der Waals surface area contributed by atoms with Gasteiger partial charge in [-0.25, -0.2) is 4.98 Å². The number of aromatic nitrogens is 2. The topological polar surface area (TPSA) is 93.7 Å². The van der Waals surface area contributed by atoms with E-state index in [2.05, 4.69) is 15.3 Å². The van der Waals surface area contributed by atoms with Crippen LogP contribution in [0.1, 0.15) is 32.4 Å². The fraction of sp³-hybridized carbons (Fsp3) is 0.524. The van der Waals surface area contributed by atoms with Crippen LogP contribution in [0.2, 0.25) is 0 Å². The number of likely N-dealkylation sites (tertiary alicyclic amines) is 1. The van der Waals surface area contributed by atoms with Gasteiger partial charge in [-0.2, -0.15) is 0 Å². The quantitative estimate of drug-likeness (QED) is 0.773. The molecule has 2 fully saturated rings. The average molecular weight is 431 g/mol. The standard InChI is InChI=1S/C21H26N4O4S/c1-13-20(30-14(2)23-13)21(27)24-16-11-28-17-9-25(10-18(17)29-12-16)19(26)6-5-15-4-3-7-22-8-15/h3-4,7-8,16-18H,5-6,9-12H2,1-2H3,(H,24,27)/t17-,18-/m0/s1. The zero-order valence-electron chi connectivity index (χ0n) is 17.2. The number of thiazole rings is 1. The molecule has 8 nitrogen and oxygen atoms in total. The minimum Gasteiger partial charge on any atom is -0.371 e. The highest BCUT2D eigenvalue weighted by Crippen LogP contribution is 2.22. The Hall–Kier alpha value is -2.36. The summed E-state index contributed by atoms with van der Waals surface area (Å²) in [5, 5.41) is 3.86. The second-order valence-corrected chi connectivity index (χ2v) is 8.92. The van der Waals surface area contributed by atoms with Gasteiger partial charge in [0.25, 0.3) is 5.91 Å². The van der Waals surface area contributed by atoms with Crippen LogP contribution >= 0.6 is 11.3 Å². The highest BCUT2D eigenvalue weighted by Gasteiger charge is 2.39. The maximum atomic E-state index is 12.6. The molecule has 30 heavy (non-hydrogen) atoms. The molecule has 2 saturated heterocycles. The molecule has 0 bridgehead atoms. The number of rotatable bonds is 5. The molecule has 4 rings (SSSR count). The molecule has 2 aromatic rings. The molecule has 9 heteroatoms. The van der Waals surface area contributed by atoms with Crippen molar-refractivity contribution in [2.45, 2.75) is 44.9 Å². The summed E-state index contributed by atoms with van der Waals surface area (Å²) in [6, 6.07) is 3.63. The third-order valence-electron chi connectivity index (χ3n) is 5.39. The van der Waals surface area contributed by atoms with Crippen molar-refractivity contribution in [3.63, 3.8) is 0 Å². The average Bonchev–Trinajstić information content (AvgIpc) is 3.25. The number of hydrogen-bond acceptors (Lipinski definition) is 7. The summed E-state index contributed by atoms with van der Waals surface area (Å²) in [5.74, 6) is -0.0467. The fourth-order valence-corrected chi connectivity index (χ4v) is 4.65. The van der Waals surface area contributed by atoms with Crippen LogP contribution < -0.4 is 5.32 Å². The molecule has 4 heterocycles. The zero-order valence-corrected chi connectivity index (χ0v) is 18.0. The molecular formula is C21H26N4O4S. The van der Waals surface area contributed by atoms with Gasteiger partial charge in [-0.1, -0.05) is 6.07 Å². The molecule has 0 spiro atoms. The smallest absolute Gasteiger partial charge is 0.263 e. The van der Waals surface area contributed by atoms with Gasteiger partial charge >= 0.3 is 0 Å². The minimum absolute atomic E-state index is 0.0972. The van der Waals surface area contributed by atoms with Crippen LogP contribution in [0.15, 0.2) is 24.5 Å². The van der Waals surface area contributed by atoms with Gasteiger partial charge in [0.1, 0.15) is 17.1 Å².